The van der Waals surface area contributed by atoms with Crippen LogP contribution in [0.3, 0.4) is 0 Å². The highest BCUT2D eigenvalue weighted by Crippen LogP contribution is 2.54. The monoisotopic (exact) mass is 321 g/mol. The summed E-state index contributed by atoms with van der Waals surface area (Å²) in [4.78, 5) is 0. The summed E-state index contributed by atoms with van der Waals surface area (Å²) in [7, 11) is 0. The lowest BCUT2D eigenvalue weighted by molar-refractivity contribution is 0.473. The van der Waals surface area contributed by atoms with Gasteiger partial charge in [0, 0.05) is 5.56 Å². The Labute approximate surface area is 145 Å². The number of aryl methyl sites for hydroxylation is 1. The fraction of sp³-hybridized carbons (Fsp3) is 0.364. The van der Waals surface area contributed by atoms with Crippen molar-refractivity contribution in [3.05, 3.63) is 71.4 Å². The van der Waals surface area contributed by atoms with Gasteiger partial charge in [-0.1, -0.05) is 56.3 Å². The molecule has 2 aromatic carbocycles. The molecule has 1 saturated carbocycles. The van der Waals surface area contributed by atoms with Crippen LogP contribution in [0.5, 0.6) is 5.75 Å². The first kappa shape index (κ1) is 16.6. The standard InChI is InChI=1S/C22H27NO/c1-16-14-22(16,2)20-12-5-3-8-17(20)9-7-10-18(15-23)19-11-4-6-13-21(19)24/h3-6,8,11-13,15-16,24H,7,9-10,14,23H2,1-2H3/b18-15+. The Morgan fingerprint density at radius 1 is 1.21 bits per heavy atom. The van der Waals surface area contributed by atoms with Gasteiger partial charge >= 0.3 is 0 Å². The topological polar surface area (TPSA) is 46.2 Å². The zero-order chi connectivity index (χ0) is 17.2. The molecule has 24 heavy (non-hydrogen) atoms. The Hall–Kier alpha value is -2.22. The molecule has 2 unspecified atom stereocenters. The molecular weight excluding hydrogens is 294 g/mol. The third kappa shape index (κ3) is 3.19. The molecule has 1 fully saturated rings. The Morgan fingerprint density at radius 2 is 1.88 bits per heavy atom. The molecule has 0 radical (unpaired) electrons. The van der Waals surface area contributed by atoms with Gasteiger partial charge in [-0.05, 0) is 66.0 Å². The van der Waals surface area contributed by atoms with Crippen LogP contribution in [0.2, 0.25) is 0 Å². The number of rotatable bonds is 6. The first-order chi connectivity index (χ1) is 11.6. The Morgan fingerprint density at radius 3 is 2.54 bits per heavy atom. The van der Waals surface area contributed by atoms with Gasteiger partial charge in [0.1, 0.15) is 5.75 Å². The summed E-state index contributed by atoms with van der Waals surface area (Å²) in [6.07, 6.45) is 5.86. The average molecular weight is 321 g/mol. The SMILES string of the molecule is CC1CC1(C)c1ccccc1CCC/C(=C\N)c1ccccc1O. The third-order valence-electron chi connectivity index (χ3n) is 5.63. The third-order valence-corrected chi connectivity index (χ3v) is 5.63. The van der Waals surface area contributed by atoms with E-state index in [9.17, 15) is 5.11 Å². The van der Waals surface area contributed by atoms with Crippen molar-refractivity contribution < 1.29 is 5.11 Å². The van der Waals surface area contributed by atoms with Gasteiger partial charge in [-0.2, -0.15) is 0 Å². The molecular formula is C22H27NO. The maximum Gasteiger partial charge on any atom is 0.123 e. The molecule has 2 aromatic rings. The summed E-state index contributed by atoms with van der Waals surface area (Å²) >= 11 is 0. The summed E-state index contributed by atoms with van der Waals surface area (Å²) in [5.41, 5.74) is 11.0. The fourth-order valence-electron chi connectivity index (χ4n) is 3.77. The first-order valence-corrected chi connectivity index (χ1v) is 8.84. The second-order valence-corrected chi connectivity index (χ2v) is 7.24. The van der Waals surface area contributed by atoms with E-state index in [1.54, 1.807) is 12.3 Å². The van der Waals surface area contributed by atoms with Crippen LogP contribution in [0.15, 0.2) is 54.7 Å². The molecule has 0 heterocycles. The minimum atomic E-state index is 0.300. The molecule has 0 amide bonds. The maximum atomic E-state index is 10.0. The smallest absolute Gasteiger partial charge is 0.123 e. The average Bonchev–Trinajstić information content (AvgIpc) is 3.21. The molecule has 1 aliphatic rings. The van der Waals surface area contributed by atoms with E-state index in [2.05, 4.69) is 38.1 Å². The highest BCUT2D eigenvalue weighted by molar-refractivity contribution is 5.69. The number of hydrogen-bond donors (Lipinski definition) is 2. The number of allylic oxidation sites excluding steroid dienone is 1. The van der Waals surface area contributed by atoms with Crippen molar-refractivity contribution >= 4 is 5.57 Å². The number of phenolic OH excluding ortho intramolecular Hbond substituents is 1. The highest BCUT2D eigenvalue weighted by atomic mass is 16.3. The van der Waals surface area contributed by atoms with Crippen LogP contribution in [0.4, 0.5) is 0 Å². The lowest BCUT2D eigenvalue weighted by atomic mass is 9.88. The zero-order valence-electron chi connectivity index (χ0n) is 14.6. The van der Waals surface area contributed by atoms with Gasteiger partial charge in [0.15, 0.2) is 0 Å². The Bertz CT molecular complexity index is 749. The van der Waals surface area contributed by atoms with E-state index in [-0.39, 0.29) is 0 Å². The van der Waals surface area contributed by atoms with Gasteiger partial charge < -0.3 is 10.8 Å². The van der Waals surface area contributed by atoms with Crippen molar-refractivity contribution in [2.75, 3.05) is 0 Å². The largest absolute Gasteiger partial charge is 0.507 e. The highest BCUT2D eigenvalue weighted by Gasteiger charge is 2.48. The summed E-state index contributed by atoms with van der Waals surface area (Å²) in [5.74, 6) is 1.08. The van der Waals surface area contributed by atoms with E-state index < -0.39 is 0 Å². The van der Waals surface area contributed by atoms with Gasteiger partial charge in [0.2, 0.25) is 0 Å². The van der Waals surface area contributed by atoms with Crippen LogP contribution < -0.4 is 5.73 Å². The summed E-state index contributed by atoms with van der Waals surface area (Å²) in [5, 5.41) is 10.0. The summed E-state index contributed by atoms with van der Waals surface area (Å²) in [6.45, 7) is 4.72. The fourth-order valence-corrected chi connectivity index (χ4v) is 3.77. The van der Waals surface area contributed by atoms with E-state index in [0.29, 0.717) is 11.2 Å². The van der Waals surface area contributed by atoms with E-state index >= 15 is 0 Å². The molecule has 0 saturated heterocycles. The zero-order valence-corrected chi connectivity index (χ0v) is 14.6. The summed E-state index contributed by atoms with van der Waals surface area (Å²) < 4.78 is 0. The minimum Gasteiger partial charge on any atom is -0.507 e. The lowest BCUT2D eigenvalue weighted by Crippen LogP contribution is -2.07. The van der Waals surface area contributed by atoms with Gasteiger partial charge in [0.05, 0.1) is 0 Å². The van der Waals surface area contributed by atoms with Crippen molar-refractivity contribution in [2.45, 2.75) is 44.9 Å². The normalized spacial score (nSPS) is 23.2. The number of benzene rings is 2. The molecule has 0 bridgehead atoms. The van der Waals surface area contributed by atoms with Gasteiger partial charge in [-0.3, -0.25) is 0 Å². The van der Waals surface area contributed by atoms with E-state index in [4.69, 9.17) is 5.73 Å². The van der Waals surface area contributed by atoms with Crippen LogP contribution in [0, 0.1) is 5.92 Å². The number of aromatic hydroxyl groups is 1. The number of hydrogen-bond acceptors (Lipinski definition) is 2. The second-order valence-electron chi connectivity index (χ2n) is 7.24. The predicted molar refractivity (Wildman–Crippen MR) is 101 cm³/mol. The molecule has 0 spiro atoms. The minimum absolute atomic E-state index is 0.300. The molecule has 126 valence electrons. The first-order valence-electron chi connectivity index (χ1n) is 8.84. The molecule has 2 nitrogen and oxygen atoms in total. The van der Waals surface area contributed by atoms with Crippen molar-refractivity contribution in [1.29, 1.82) is 0 Å². The molecule has 0 aliphatic heterocycles. The molecule has 2 atom stereocenters. The molecule has 2 heteroatoms. The molecule has 0 aromatic heterocycles. The Kier molecular flexibility index (Phi) is 4.66. The lowest BCUT2D eigenvalue weighted by Gasteiger charge is -2.17. The van der Waals surface area contributed by atoms with Gasteiger partial charge in [0.25, 0.3) is 0 Å². The van der Waals surface area contributed by atoms with Crippen molar-refractivity contribution in [3.8, 4) is 5.75 Å². The second kappa shape index (κ2) is 6.72. The number of para-hydroxylation sites is 1. The van der Waals surface area contributed by atoms with Crippen molar-refractivity contribution in [3.63, 3.8) is 0 Å². The van der Waals surface area contributed by atoms with Crippen LogP contribution in [0.1, 0.15) is 49.8 Å². The quantitative estimate of drug-likeness (QED) is 0.785. The van der Waals surface area contributed by atoms with Crippen LogP contribution in [0.25, 0.3) is 5.57 Å². The summed E-state index contributed by atoms with van der Waals surface area (Å²) in [6, 6.07) is 16.3. The molecule has 3 N–H and O–H groups in total. The van der Waals surface area contributed by atoms with E-state index in [1.165, 1.54) is 17.5 Å². The van der Waals surface area contributed by atoms with Crippen molar-refractivity contribution in [2.24, 2.45) is 11.7 Å². The van der Waals surface area contributed by atoms with E-state index in [1.807, 2.05) is 18.2 Å². The van der Waals surface area contributed by atoms with E-state index in [0.717, 1.165) is 36.3 Å². The van der Waals surface area contributed by atoms with Crippen LogP contribution in [-0.2, 0) is 11.8 Å². The molecule has 3 rings (SSSR count). The van der Waals surface area contributed by atoms with Gasteiger partial charge in [-0.15, -0.1) is 0 Å². The van der Waals surface area contributed by atoms with Crippen LogP contribution in [-0.4, -0.2) is 5.11 Å². The Balaban J connectivity index is 1.68. The predicted octanol–water partition coefficient (Wildman–Crippen LogP) is 5.01. The number of nitrogens with two attached hydrogens (primary N) is 1. The maximum absolute atomic E-state index is 10.0. The van der Waals surface area contributed by atoms with Crippen molar-refractivity contribution in [1.82, 2.24) is 0 Å². The number of phenols is 1. The van der Waals surface area contributed by atoms with Crippen LogP contribution >= 0.6 is 0 Å². The van der Waals surface area contributed by atoms with Gasteiger partial charge in [-0.25, -0.2) is 0 Å². The molecule has 1 aliphatic carbocycles.